The fourth-order valence-electron chi connectivity index (χ4n) is 2.34. The largest absolute Gasteiger partial charge is 0.256 e. The normalized spacial score (nSPS) is 16.6. The minimum Gasteiger partial charge on any atom is -0.256 e. The molecule has 0 aromatic carbocycles. The van der Waals surface area contributed by atoms with Crippen molar-refractivity contribution in [2.24, 2.45) is 5.41 Å². The Hall–Kier alpha value is -0.630. The van der Waals surface area contributed by atoms with Gasteiger partial charge in [0.05, 0.1) is 10.7 Å². The Kier molecular flexibility index (Phi) is 4.93. The highest BCUT2D eigenvalue weighted by Gasteiger charge is 2.32. The maximum atomic E-state index is 13.9. The van der Waals surface area contributed by atoms with Crippen molar-refractivity contribution in [1.29, 1.82) is 0 Å². The molecule has 1 rings (SSSR count). The Bertz CT molecular complexity index is 380. The third kappa shape index (κ3) is 3.19. The standard InChI is InChI=1S/C14H21ClFN/c1-5-7-14(4,6-2)10(3)13-12(16)8-11(15)9-17-13/h8-10H,5-7H2,1-4H3/t10-,14?/m1/s1. The van der Waals surface area contributed by atoms with Crippen LogP contribution in [0.5, 0.6) is 0 Å². The lowest BCUT2D eigenvalue weighted by atomic mass is 9.71. The lowest BCUT2D eigenvalue weighted by Crippen LogP contribution is -2.24. The molecule has 0 aliphatic carbocycles. The van der Waals surface area contributed by atoms with E-state index in [-0.39, 0.29) is 17.2 Å². The molecule has 0 spiro atoms. The van der Waals surface area contributed by atoms with Crippen LogP contribution >= 0.6 is 11.6 Å². The molecule has 0 fully saturated rings. The van der Waals surface area contributed by atoms with Crippen LogP contribution in [0.3, 0.4) is 0 Å². The zero-order valence-corrected chi connectivity index (χ0v) is 11.8. The first-order chi connectivity index (χ1) is 7.94. The zero-order valence-electron chi connectivity index (χ0n) is 11.1. The minimum atomic E-state index is -0.291. The van der Waals surface area contributed by atoms with Crippen molar-refractivity contribution in [1.82, 2.24) is 4.98 Å². The monoisotopic (exact) mass is 257 g/mol. The highest BCUT2D eigenvalue weighted by molar-refractivity contribution is 6.30. The molecule has 0 bridgehead atoms. The molecule has 0 saturated carbocycles. The van der Waals surface area contributed by atoms with Gasteiger partial charge in [-0.2, -0.15) is 0 Å². The summed E-state index contributed by atoms with van der Waals surface area (Å²) in [6.45, 7) is 8.57. The summed E-state index contributed by atoms with van der Waals surface area (Å²) in [7, 11) is 0. The van der Waals surface area contributed by atoms with Gasteiger partial charge in [0.25, 0.3) is 0 Å². The van der Waals surface area contributed by atoms with Crippen molar-refractivity contribution in [3.05, 3.63) is 28.8 Å². The van der Waals surface area contributed by atoms with Crippen LogP contribution in [0.25, 0.3) is 0 Å². The first kappa shape index (κ1) is 14.4. The van der Waals surface area contributed by atoms with Gasteiger partial charge in [-0.25, -0.2) is 4.39 Å². The quantitative estimate of drug-likeness (QED) is 0.707. The molecule has 0 radical (unpaired) electrons. The maximum absolute atomic E-state index is 13.9. The molecule has 0 amide bonds. The van der Waals surface area contributed by atoms with Gasteiger partial charge in [0.15, 0.2) is 0 Å². The summed E-state index contributed by atoms with van der Waals surface area (Å²) < 4.78 is 13.9. The topological polar surface area (TPSA) is 12.9 Å². The van der Waals surface area contributed by atoms with Gasteiger partial charge < -0.3 is 0 Å². The van der Waals surface area contributed by atoms with Crippen LogP contribution in [0.4, 0.5) is 4.39 Å². The smallest absolute Gasteiger partial charge is 0.146 e. The lowest BCUT2D eigenvalue weighted by molar-refractivity contribution is 0.222. The average molecular weight is 258 g/mol. The molecular weight excluding hydrogens is 237 g/mol. The van der Waals surface area contributed by atoms with Gasteiger partial charge in [-0.1, -0.05) is 52.1 Å². The molecule has 1 unspecified atom stereocenters. The van der Waals surface area contributed by atoms with Gasteiger partial charge in [0.1, 0.15) is 5.82 Å². The van der Waals surface area contributed by atoms with Crippen molar-refractivity contribution >= 4 is 11.6 Å². The first-order valence-corrected chi connectivity index (χ1v) is 6.63. The van der Waals surface area contributed by atoms with E-state index < -0.39 is 0 Å². The van der Waals surface area contributed by atoms with Crippen molar-refractivity contribution in [3.63, 3.8) is 0 Å². The van der Waals surface area contributed by atoms with E-state index in [0.717, 1.165) is 19.3 Å². The lowest BCUT2D eigenvalue weighted by Gasteiger charge is -2.34. The van der Waals surface area contributed by atoms with Crippen molar-refractivity contribution in [3.8, 4) is 0 Å². The molecule has 1 heterocycles. The van der Waals surface area contributed by atoms with Gasteiger partial charge >= 0.3 is 0 Å². The molecule has 1 aromatic heterocycles. The Labute approximate surface area is 108 Å². The number of hydrogen-bond donors (Lipinski definition) is 0. The Morgan fingerprint density at radius 3 is 2.59 bits per heavy atom. The summed E-state index contributed by atoms with van der Waals surface area (Å²) in [6, 6.07) is 1.35. The zero-order chi connectivity index (χ0) is 13.1. The SMILES string of the molecule is CCCC(C)(CC)[C@H](C)c1ncc(Cl)cc1F. The van der Waals surface area contributed by atoms with Gasteiger partial charge in [0.2, 0.25) is 0 Å². The molecule has 0 aliphatic heterocycles. The van der Waals surface area contributed by atoms with Gasteiger partial charge in [-0.3, -0.25) is 4.98 Å². The molecule has 1 nitrogen and oxygen atoms in total. The van der Waals surface area contributed by atoms with Crippen molar-refractivity contribution in [2.75, 3.05) is 0 Å². The molecule has 17 heavy (non-hydrogen) atoms. The number of nitrogens with zero attached hydrogens (tertiary/aromatic N) is 1. The number of pyridine rings is 1. The molecule has 0 N–H and O–H groups in total. The molecule has 3 heteroatoms. The Morgan fingerprint density at radius 2 is 2.12 bits per heavy atom. The second kappa shape index (κ2) is 5.81. The summed E-state index contributed by atoms with van der Waals surface area (Å²) in [5, 5.41) is 0.354. The summed E-state index contributed by atoms with van der Waals surface area (Å²) >= 11 is 5.73. The van der Waals surface area contributed by atoms with Gasteiger partial charge in [-0.15, -0.1) is 0 Å². The van der Waals surface area contributed by atoms with E-state index in [4.69, 9.17) is 11.6 Å². The third-order valence-corrected chi connectivity index (χ3v) is 4.13. The van der Waals surface area contributed by atoms with E-state index in [1.165, 1.54) is 12.3 Å². The predicted octanol–water partition coefficient (Wildman–Crippen LogP) is 5.19. The molecule has 2 atom stereocenters. The van der Waals surface area contributed by atoms with Crippen LogP contribution in [0.2, 0.25) is 5.02 Å². The van der Waals surface area contributed by atoms with E-state index in [1.54, 1.807) is 0 Å². The third-order valence-electron chi connectivity index (χ3n) is 3.92. The second-order valence-corrected chi connectivity index (χ2v) is 5.44. The van der Waals surface area contributed by atoms with Crippen LogP contribution in [0.1, 0.15) is 58.6 Å². The highest BCUT2D eigenvalue weighted by atomic mass is 35.5. The van der Waals surface area contributed by atoms with Crippen molar-refractivity contribution in [2.45, 2.75) is 52.9 Å². The molecule has 1 aromatic rings. The van der Waals surface area contributed by atoms with E-state index >= 15 is 0 Å². The maximum Gasteiger partial charge on any atom is 0.146 e. The summed E-state index contributed by atoms with van der Waals surface area (Å²) in [4.78, 5) is 4.17. The fraction of sp³-hybridized carbons (Fsp3) is 0.643. The van der Waals surface area contributed by atoms with E-state index in [1.807, 2.05) is 0 Å². The van der Waals surface area contributed by atoms with Crippen molar-refractivity contribution < 1.29 is 4.39 Å². The molecular formula is C14H21ClFN. The second-order valence-electron chi connectivity index (χ2n) is 5.00. The molecule has 96 valence electrons. The van der Waals surface area contributed by atoms with Crippen LogP contribution < -0.4 is 0 Å². The Balaban J connectivity index is 3.05. The minimum absolute atomic E-state index is 0.0937. The van der Waals surface area contributed by atoms with Crippen LogP contribution in [0, 0.1) is 11.2 Å². The fourth-order valence-corrected chi connectivity index (χ4v) is 2.49. The van der Waals surface area contributed by atoms with Gasteiger partial charge in [-0.05, 0) is 17.9 Å². The summed E-state index contributed by atoms with van der Waals surface area (Å²) in [5.74, 6) is -0.189. The number of hydrogen-bond acceptors (Lipinski definition) is 1. The average Bonchev–Trinajstić information content (AvgIpc) is 2.28. The van der Waals surface area contributed by atoms with Crippen LogP contribution in [-0.4, -0.2) is 4.98 Å². The predicted molar refractivity (Wildman–Crippen MR) is 70.9 cm³/mol. The van der Waals surface area contributed by atoms with Gasteiger partial charge in [0, 0.05) is 12.1 Å². The summed E-state index contributed by atoms with van der Waals surface area (Å²) in [6.07, 6.45) is 4.72. The van der Waals surface area contributed by atoms with Crippen LogP contribution in [-0.2, 0) is 0 Å². The first-order valence-electron chi connectivity index (χ1n) is 6.25. The van der Waals surface area contributed by atoms with E-state index in [0.29, 0.717) is 10.7 Å². The highest BCUT2D eigenvalue weighted by Crippen LogP contribution is 2.42. The number of rotatable bonds is 5. The summed E-state index contributed by atoms with van der Waals surface area (Å²) in [5.41, 5.74) is 0.628. The van der Waals surface area contributed by atoms with E-state index in [2.05, 4.69) is 32.7 Å². The van der Waals surface area contributed by atoms with E-state index in [9.17, 15) is 4.39 Å². The Morgan fingerprint density at radius 1 is 1.47 bits per heavy atom. The molecule has 0 aliphatic rings. The van der Waals surface area contributed by atoms with Crippen LogP contribution in [0.15, 0.2) is 12.3 Å². The number of aromatic nitrogens is 1. The molecule has 0 saturated heterocycles. The number of halogens is 2.